The molecule has 1 aliphatic heterocycles. The molecule has 0 unspecified atom stereocenters. The molecule has 7 nitrogen and oxygen atoms in total. The Labute approximate surface area is 176 Å². The highest BCUT2D eigenvalue weighted by molar-refractivity contribution is 9.10. The second-order valence-electron chi connectivity index (χ2n) is 6.69. The number of ether oxygens (including phenoxy) is 2. The summed E-state index contributed by atoms with van der Waals surface area (Å²) in [6, 6.07) is 9.66. The van der Waals surface area contributed by atoms with Crippen molar-refractivity contribution in [1.29, 1.82) is 0 Å². The number of hydrogen-bond donors (Lipinski definition) is 3. The Bertz CT molecular complexity index is 985. The van der Waals surface area contributed by atoms with Gasteiger partial charge in [0.1, 0.15) is 6.61 Å². The highest BCUT2D eigenvalue weighted by atomic mass is 79.9. The van der Waals surface area contributed by atoms with Crippen molar-refractivity contribution in [3.05, 3.63) is 68.8 Å². The lowest BCUT2D eigenvalue weighted by molar-refractivity contribution is -0.140. The van der Waals surface area contributed by atoms with E-state index in [0.717, 1.165) is 11.1 Å². The number of phenolic OH excluding ortho intramolecular Hbond substituents is 1. The fourth-order valence-corrected chi connectivity index (χ4v) is 3.50. The highest BCUT2D eigenvalue weighted by Gasteiger charge is 2.33. The van der Waals surface area contributed by atoms with Crippen LogP contribution in [-0.2, 0) is 16.1 Å². The Hall–Kier alpha value is -3.00. The molecule has 3 rings (SSSR count). The number of allylic oxidation sites excluding steroid dienone is 1. The van der Waals surface area contributed by atoms with Gasteiger partial charge >= 0.3 is 12.0 Å². The molecule has 8 heteroatoms. The first-order valence-corrected chi connectivity index (χ1v) is 9.66. The molecule has 0 saturated heterocycles. The van der Waals surface area contributed by atoms with Crippen LogP contribution in [0.1, 0.15) is 29.7 Å². The van der Waals surface area contributed by atoms with Crippen molar-refractivity contribution in [3.8, 4) is 11.5 Å². The summed E-state index contributed by atoms with van der Waals surface area (Å²) in [5, 5.41) is 15.4. The van der Waals surface area contributed by atoms with Gasteiger partial charge in [-0.15, -0.1) is 0 Å². The third kappa shape index (κ3) is 4.54. The molecule has 3 N–H and O–H groups in total. The van der Waals surface area contributed by atoms with Gasteiger partial charge in [0, 0.05) is 5.70 Å². The third-order valence-electron chi connectivity index (χ3n) is 4.58. The molecular formula is C21H21BrN2O5. The number of esters is 1. The van der Waals surface area contributed by atoms with Gasteiger partial charge in [0.15, 0.2) is 11.5 Å². The smallest absolute Gasteiger partial charge is 0.338 e. The Morgan fingerprint density at radius 1 is 1.21 bits per heavy atom. The SMILES string of the molecule is COc1cc([C@@H]2NC(=O)NC(C)=C2C(=O)OCc2ccc(C)cc2)cc(Br)c1O. The van der Waals surface area contributed by atoms with E-state index in [9.17, 15) is 14.7 Å². The van der Waals surface area contributed by atoms with E-state index in [2.05, 4.69) is 26.6 Å². The Balaban J connectivity index is 1.90. The van der Waals surface area contributed by atoms with Crippen molar-refractivity contribution in [2.24, 2.45) is 0 Å². The summed E-state index contributed by atoms with van der Waals surface area (Å²) in [7, 11) is 1.42. The summed E-state index contributed by atoms with van der Waals surface area (Å²) >= 11 is 3.27. The largest absolute Gasteiger partial charge is 0.503 e. The van der Waals surface area contributed by atoms with Gasteiger partial charge in [-0.25, -0.2) is 9.59 Å². The quantitative estimate of drug-likeness (QED) is 0.588. The maximum Gasteiger partial charge on any atom is 0.338 e. The van der Waals surface area contributed by atoms with Crippen molar-refractivity contribution in [2.45, 2.75) is 26.5 Å². The second kappa shape index (κ2) is 8.57. The number of urea groups is 1. The topological polar surface area (TPSA) is 96.9 Å². The van der Waals surface area contributed by atoms with Crippen molar-refractivity contribution in [2.75, 3.05) is 7.11 Å². The summed E-state index contributed by atoms with van der Waals surface area (Å²) < 4.78 is 11.1. The molecule has 2 amide bonds. The maximum absolute atomic E-state index is 12.9. The first-order valence-electron chi connectivity index (χ1n) is 8.87. The lowest BCUT2D eigenvalue weighted by atomic mass is 9.95. The molecule has 0 fully saturated rings. The fourth-order valence-electron chi connectivity index (χ4n) is 3.04. The van der Waals surface area contributed by atoms with E-state index in [-0.39, 0.29) is 23.7 Å². The number of benzene rings is 2. The number of rotatable bonds is 5. The maximum atomic E-state index is 12.9. The van der Waals surface area contributed by atoms with Crippen LogP contribution in [0.15, 0.2) is 52.1 Å². The number of nitrogens with one attached hydrogen (secondary N) is 2. The molecule has 0 saturated carbocycles. The van der Waals surface area contributed by atoms with Crippen LogP contribution in [0.5, 0.6) is 11.5 Å². The van der Waals surface area contributed by atoms with Gasteiger partial charge in [-0.1, -0.05) is 29.8 Å². The summed E-state index contributed by atoms with van der Waals surface area (Å²) in [5.74, 6) is -0.406. The van der Waals surface area contributed by atoms with Crippen molar-refractivity contribution < 1.29 is 24.2 Å². The fraction of sp³-hybridized carbons (Fsp3) is 0.238. The highest BCUT2D eigenvalue weighted by Crippen LogP contribution is 2.39. The van der Waals surface area contributed by atoms with Crippen LogP contribution in [0.25, 0.3) is 0 Å². The lowest BCUT2D eigenvalue weighted by Crippen LogP contribution is -2.45. The molecule has 1 atom stereocenters. The normalized spacial score (nSPS) is 16.1. The average Bonchev–Trinajstić information content (AvgIpc) is 2.68. The van der Waals surface area contributed by atoms with Crippen LogP contribution in [0.2, 0.25) is 0 Å². The minimum absolute atomic E-state index is 0.0688. The molecule has 0 aliphatic carbocycles. The van der Waals surface area contributed by atoms with Gasteiger partial charge in [0.05, 0.1) is 23.2 Å². The number of aryl methyl sites for hydroxylation is 1. The van der Waals surface area contributed by atoms with E-state index >= 15 is 0 Å². The molecule has 2 aromatic carbocycles. The minimum Gasteiger partial charge on any atom is -0.503 e. The van der Waals surface area contributed by atoms with E-state index in [4.69, 9.17) is 9.47 Å². The van der Waals surface area contributed by atoms with Crippen LogP contribution in [0.3, 0.4) is 0 Å². The first-order chi connectivity index (χ1) is 13.8. The van der Waals surface area contributed by atoms with E-state index in [1.807, 2.05) is 31.2 Å². The van der Waals surface area contributed by atoms with Gasteiger partial charge in [0.2, 0.25) is 0 Å². The first kappa shape index (κ1) is 20.7. The van der Waals surface area contributed by atoms with Gasteiger partial charge < -0.3 is 25.2 Å². The van der Waals surface area contributed by atoms with E-state index in [1.54, 1.807) is 19.1 Å². The molecular weight excluding hydrogens is 440 g/mol. The van der Waals surface area contributed by atoms with Crippen molar-refractivity contribution in [3.63, 3.8) is 0 Å². The van der Waals surface area contributed by atoms with E-state index < -0.39 is 18.0 Å². The number of methoxy groups -OCH3 is 1. The predicted molar refractivity (Wildman–Crippen MR) is 110 cm³/mol. The molecule has 0 spiro atoms. The molecule has 1 aliphatic rings. The third-order valence-corrected chi connectivity index (χ3v) is 5.19. The van der Waals surface area contributed by atoms with Gasteiger partial charge in [-0.2, -0.15) is 0 Å². The minimum atomic E-state index is -0.764. The van der Waals surface area contributed by atoms with Crippen LogP contribution in [0.4, 0.5) is 4.79 Å². The summed E-state index contributed by atoms with van der Waals surface area (Å²) in [6.07, 6.45) is 0. The predicted octanol–water partition coefficient (Wildman–Crippen LogP) is 3.84. The Kier molecular flexibility index (Phi) is 6.12. The van der Waals surface area contributed by atoms with Crippen molar-refractivity contribution >= 4 is 27.9 Å². The molecule has 0 aromatic heterocycles. The summed E-state index contributed by atoms with van der Waals surface area (Å²) in [4.78, 5) is 24.9. The molecule has 29 heavy (non-hydrogen) atoms. The van der Waals surface area contributed by atoms with Gasteiger partial charge in [-0.3, -0.25) is 0 Å². The Morgan fingerprint density at radius 3 is 2.55 bits per heavy atom. The van der Waals surface area contributed by atoms with Crippen LogP contribution < -0.4 is 15.4 Å². The van der Waals surface area contributed by atoms with Crippen LogP contribution in [-0.4, -0.2) is 24.2 Å². The number of carbonyl (C=O) groups is 2. The monoisotopic (exact) mass is 460 g/mol. The zero-order valence-corrected chi connectivity index (χ0v) is 17.8. The van der Waals surface area contributed by atoms with Crippen molar-refractivity contribution in [1.82, 2.24) is 10.6 Å². The summed E-state index contributed by atoms with van der Waals surface area (Å²) in [6.45, 7) is 3.73. The van der Waals surface area contributed by atoms with Crippen LogP contribution >= 0.6 is 15.9 Å². The average molecular weight is 461 g/mol. The Morgan fingerprint density at radius 2 is 1.90 bits per heavy atom. The van der Waals surface area contributed by atoms with E-state index in [0.29, 0.717) is 15.7 Å². The van der Waals surface area contributed by atoms with Gasteiger partial charge in [0.25, 0.3) is 0 Å². The number of phenols is 1. The van der Waals surface area contributed by atoms with Gasteiger partial charge in [-0.05, 0) is 53.0 Å². The number of hydrogen-bond acceptors (Lipinski definition) is 5. The van der Waals surface area contributed by atoms with Crippen LogP contribution in [0, 0.1) is 6.92 Å². The number of amides is 2. The molecule has 1 heterocycles. The standard InChI is InChI=1S/C21H21BrN2O5/c1-11-4-6-13(7-5-11)10-29-20(26)17-12(2)23-21(27)24-18(17)14-8-15(22)19(25)16(9-14)28-3/h4-9,18,25H,10H2,1-3H3,(H2,23,24,27)/t18-/m0/s1. The molecule has 2 aromatic rings. The number of halogens is 1. The number of aromatic hydroxyl groups is 1. The number of carbonyl (C=O) groups excluding carboxylic acids is 2. The second-order valence-corrected chi connectivity index (χ2v) is 7.54. The molecule has 0 radical (unpaired) electrons. The molecule has 152 valence electrons. The lowest BCUT2D eigenvalue weighted by Gasteiger charge is -2.28. The zero-order valence-electron chi connectivity index (χ0n) is 16.2. The zero-order chi connectivity index (χ0) is 21.1. The summed E-state index contributed by atoms with van der Waals surface area (Å²) in [5.41, 5.74) is 3.21. The van der Waals surface area contributed by atoms with E-state index in [1.165, 1.54) is 7.11 Å². The molecule has 0 bridgehead atoms.